The van der Waals surface area contributed by atoms with Crippen molar-refractivity contribution in [3.8, 4) is 0 Å². The number of hydrogen-bond donors (Lipinski definition) is 0. The van der Waals surface area contributed by atoms with Gasteiger partial charge in [0, 0.05) is 5.33 Å². The van der Waals surface area contributed by atoms with E-state index in [4.69, 9.17) is 13.6 Å². The van der Waals surface area contributed by atoms with Crippen LogP contribution in [0.4, 0.5) is 0 Å². The third kappa shape index (κ3) is 35.4. The van der Waals surface area contributed by atoms with E-state index in [1.165, 1.54) is 180 Å². The standard InChI is InChI=1S/C38H78BrO4P/c1-3-5-7-9-11-13-15-17-19-21-23-25-27-29-31-33-36-41-44(40,43-38-35-39)42-37-34-32-30-28-26-24-22-20-18-16-14-12-10-8-6-4-2/h3-38H2,1-2H3. The van der Waals surface area contributed by atoms with Gasteiger partial charge in [0.25, 0.3) is 0 Å². The molecule has 0 saturated carbocycles. The smallest absolute Gasteiger partial charge is 0.287 e. The fourth-order valence-electron chi connectivity index (χ4n) is 5.91. The van der Waals surface area contributed by atoms with Crippen molar-refractivity contribution in [2.24, 2.45) is 0 Å². The van der Waals surface area contributed by atoms with Crippen molar-refractivity contribution in [3.05, 3.63) is 0 Å². The van der Waals surface area contributed by atoms with Gasteiger partial charge in [0.05, 0.1) is 19.8 Å². The number of unbranched alkanes of at least 4 members (excludes halogenated alkanes) is 30. The molecule has 6 heteroatoms. The Bertz CT molecular complexity index is 535. The second kappa shape index (κ2) is 38.0. The maximum absolute atomic E-state index is 13.0. The molecule has 0 heterocycles. The van der Waals surface area contributed by atoms with Crippen molar-refractivity contribution in [3.63, 3.8) is 0 Å². The van der Waals surface area contributed by atoms with Crippen LogP contribution < -0.4 is 0 Å². The molecule has 0 radical (unpaired) electrons. The largest absolute Gasteiger partial charge is 0.474 e. The second-order valence-electron chi connectivity index (χ2n) is 13.2. The maximum Gasteiger partial charge on any atom is 0.474 e. The van der Waals surface area contributed by atoms with Gasteiger partial charge in [0.2, 0.25) is 0 Å². The van der Waals surface area contributed by atoms with Gasteiger partial charge in [-0.1, -0.05) is 222 Å². The highest BCUT2D eigenvalue weighted by molar-refractivity contribution is 9.09. The highest BCUT2D eigenvalue weighted by Gasteiger charge is 2.26. The monoisotopic (exact) mass is 708 g/mol. The lowest BCUT2D eigenvalue weighted by molar-refractivity contribution is 0.115. The lowest BCUT2D eigenvalue weighted by Gasteiger charge is -2.17. The number of rotatable bonds is 39. The van der Waals surface area contributed by atoms with Crippen molar-refractivity contribution in [1.82, 2.24) is 0 Å². The summed E-state index contributed by atoms with van der Waals surface area (Å²) >= 11 is 3.35. The Balaban J connectivity index is 3.57. The summed E-state index contributed by atoms with van der Waals surface area (Å²) in [7, 11) is -3.45. The van der Waals surface area contributed by atoms with Crippen LogP contribution in [0.2, 0.25) is 0 Å². The molecule has 0 unspecified atom stereocenters. The topological polar surface area (TPSA) is 44.8 Å². The third-order valence-electron chi connectivity index (χ3n) is 8.82. The summed E-state index contributed by atoms with van der Waals surface area (Å²) in [6.45, 7) is 5.83. The van der Waals surface area contributed by atoms with Gasteiger partial charge < -0.3 is 0 Å². The number of alkyl halides is 1. The van der Waals surface area contributed by atoms with E-state index < -0.39 is 7.82 Å². The lowest BCUT2D eigenvalue weighted by Crippen LogP contribution is -2.04. The Hall–Kier alpha value is 0.590. The third-order valence-corrected chi connectivity index (χ3v) is 10.6. The highest BCUT2D eigenvalue weighted by atomic mass is 79.9. The molecule has 0 saturated heterocycles. The minimum absolute atomic E-state index is 0.342. The van der Waals surface area contributed by atoms with E-state index >= 15 is 0 Å². The molecule has 0 rings (SSSR count). The van der Waals surface area contributed by atoms with E-state index in [1.54, 1.807) is 0 Å². The number of phosphoric acid groups is 1. The molecule has 266 valence electrons. The molecule has 0 N–H and O–H groups in total. The summed E-state index contributed by atoms with van der Waals surface area (Å²) in [5.41, 5.74) is 0. The minimum atomic E-state index is -3.45. The lowest BCUT2D eigenvalue weighted by atomic mass is 10.0. The fraction of sp³-hybridized carbons (Fsp3) is 1.00. The van der Waals surface area contributed by atoms with Gasteiger partial charge in [-0.05, 0) is 12.8 Å². The van der Waals surface area contributed by atoms with Gasteiger partial charge in [0.15, 0.2) is 0 Å². The molecule has 44 heavy (non-hydrogen) atoms. The molecular weight excluding hydrogens is 631 g/mol. The van der Waals surface area contributed by atoms with Crippen molar-refractivity contribution >= 4 is 23.8 Å². The SMILES string of the molecule is CCCCCCCCCCCCCCCCCCOP(=O)(OCCBr)OCCCCCCCCCCCCCCCCCC. The number of hydrogen-bond acceptors (Lipinski definition) is 4. The average molecular weight is 710 g/mol. The summed E-state index contributed by atoms with van der Waals surface area (Å²) in [6.07, 6.45) is 42.8. The predicted octanol–water partition coefficient (Wildman–Crippen LogP) is 15.1. The normalized spacial score (nSPS) is 12.0. The summed E-state index contributed by atoms with van der Waals surface area (Å²) in [5, 5.41) is 0.627. The molecule has 0 atom stereocenters. The molecule has 0 amide bonds. The van der Waals surface area contributed by atoms with Crippen LogP contribution in [-0.4, -0.2) is 25.2 Å². The molecule has 0 aromatic carbocycles. The predicted molar refractivity (Wildman–Crippen MR) is 198 cm³/mol. The molecule has 0 aromatic rings. The zero-order chi connectivity index (χ0) is 32.1. The molecule has 0 aliphatic carbocycles. The van der Waals surface area contributed by atoms with Crippen LogP contribution in [0, 0.1) is 0 Å². The van der Waals surface area contributed by atoms with Crippen LogP contribution in [0.25, 0.3) is 0 Å². The first kappa shape index (κ1) is 44.6. The Morgan fingerprint density at radius 3 is 0.773 bits per heavy atom. The van der Waals surface area contributed by atoms with Crippen LogP contribution in [0.3, 0.4) is 0 Å². The highest BCUT2D eigenvalue weighted by Crippen LogP contribution is 2.49. The van der Waals surface area contributed by atoms with Crippen LogP contribution in [-0.2, 0) is 18.1 Å². The van der Waals surface area contributed by atoms with Gasteiger partial charge in [-0.3, -0.25) is 13.6 Å². The zero-order valence-corrected chi connectivity index (χ0v) is 32.4. The van der Waals surface area contributed by atoms with Crippen LogP contribution in [0.1, 0.15) is 219 Å². The molecule has 0 aliphatic rings. The molecule has 0 fully saturated rings. The Labute approximate surface area is 285 Å². The van der Waals surface area contributed by atoms with E-state index in [0.717, 1.165) is 25.7 Å². The van der Waals surface area contributed by atoms with E-state index in [0.29, 0.717) is 25.2 Å². The summed E-state index contributed by atoms with van der Waals surface area (Å²) in [6, 6.07) is 0. The molecule has 0 bridgehead atoms. The van der Waals surface area contributed by atoms with E-state index in [9.17, 15) is 4.57 Å². The van der Waals surface area contributed by atoms with Gasteiger partial charge >= 0.3 is 7.82 Å². The first-order chi connectivity index (χ1) is 21.7. The Kier molecular flexibility index (Phi) is 38.6. The summed E-state index contributed by atoms with van der Waals surface area (Å²) in [4.78, 5) is 0. The van der Waals surface area contributed by atoms with E-state index in [-0.39, 0.29) is 0 Å². The van der Waals surface area contributed by atoms with Gasteiger partial charge in [-0.25, -0.2) is 4.57 Å². The quantitative estimate of drug-likeness (QED) is 0.0362. The first-order valence-electron chi connectivity index (χ1n) is 19.8. The first-order valence-corrected chi connectivity index (χ1v) is 22.4. The summed E-state index contributed by atoms with van der Waals surface area (Å²) < 4.78 is 29.8. The number of halogens is 1. The van der Waals surface area contributed by atoms with Crippen molar-refractivity contribution in [2.45, 2.75) is 219 Å². The van der Waals surface area contributed by atoms with Crippen molar-refractivity contribution < 1.29 is 18.1 Å². The zero-order valence-electron chi connectivity index (χ0n) is 29.9. The van der Waals surface area contributed by atoms with Gasteiger partial charge in [-0.15, -0.1) is 0 Å². The molecule has 0 aliphatic heterocycles. The Morgan fingerprint density at radius 1 is 0.341 bits per heavy atom. The minimum Gasteiger partial charge on any atom is -0.287 e. The van der Waals surface area contributed by atoms with Crippen molar-refractivity contribution in [1.29, 1.82) is 0 Å². The maximum atomic E-state index is 13.0. The van der Waals surface area contributed by atoms with Crippen LogP contribution in [0.5, 0.6) is 0 Å². The van der Waals surface area contributed by atoms with Crippen LogP contribution >= 0.6 is 23.8 Å². The molecular formula is C38H78BrO4P. The van der Waals surface area contributed by atoms with Gasteiger partial charge in [0.1, 0.15) is 0 Å². The van der Waals surface area contributed by atoms with Gasteiger partial charge in [-0.2, -0.15) is 0 Å². The molecule has 4 nitrogen and oxygen atoms in total. The average Bonchev–Trinajstić information content (AvgIpc) is 3.03. The van der Waals surface area contributed by atoms with E-state index in [1.807, 2.05) is 0 Å². The van der Waals surface area contributed by atoms with E-state index in [2.05, 4.69) is 29.8 Å². The Morgan fingerprint density at radius 2 is 0.545 bits per heavy atom. The second-order valence-corrected chi connectivity index (χ2v) is 15.7. The fourth-order valence-corrected chi connectivity index (χ4v) is 7.57. The summed E-state index contributed by atoms with van der Waals surface area (Å²) in [5.74, 6) is 0. The molecule has 0 aromatic heterocycles. The number of phosphoric ester groups is 1. The van der Waals surface area contributed by atoms with Crippen molar-refractivity contribution in [2.75, 3.05) is 25.2 Å². The van der Waals surface area contributed by atoms with Crippen LogP contribution in [0.15, 0.2) is 0 Å². The molecule has 0 spiro atoms.